The molecule has 0 bridgehead atoms. The van der Waals surface area contributed by atoms with Crippen LogP contribution in [0.5, 0.6) is 0 Å². The van der Waals surface area contributed by atoms with Crippen molar-refractivity contribution in [3.63, 3.8) is 0 Å². The maximum atomic E-state index is 9.85. The van der Waals surface area contributed by atoms with E-state index < -0.39 is 6.02 Å². The van der Waals surface area contributed by atoms with Gasteiger partial charge in [-0.3, -0.25) is 9.99 Å². The molecule has 1 aliphatic carbocycles. The number of pyridine rings is 2. The van der Waals surface area contributed by atoms with Gasteiger partial charge in [-0.05, 0) is 36.5 Å². The molecule has 0 saturated heterocycles. The van der Waals surface area contributed by atoms with Crippen LogP contribution >= 0.6 is 11.6 Å². The van der Waals surface area contributed by atoms with E-state index in [4.69, 9.17) is 11.6 Å². The molecule has 0 radical (unpaired) electrons. The third kappa shape index (κ3) is 5.42. The van der Waals surface area contributed by atoms with E-state index in [1.165, 1.54) is 0 Å². The zero-order valence-electron chi connectivity index (χ0n) is 23.4. The largest absolute Gasteiger partial charge is 0.383 e. The molecule has 2 aliphatic rings. The van der Waals surface area contributed by atoms with Crippen LogP contribution in [-0.2, 0) is 0 Å². The van der Waals surface area contributed by atoms with E-state index in [1.54, 1.807) is 18.5 Å². The Hall–Kier alpha value is -3.74. The van der Waals surface area contributed by atoms with Crippen LogP contribution in [0.1, 0.15) is 52.1 Å². The fourth-order valence-corrected chi connectivity index (χ4v) is 4.61. The van der Waals surface area contributed by atoms with E-state index in [9.17, 15) is 6.63 Å². The van der Waals surface area contributed by atoms with E-state index >= 15 is 0 Å². The molecule has 0 unspecified atom stereocenters. The van der Waals surface area contributed by atoms with Gasteiger partial charge >= 0.3 is 0 Å². The number of hydrogen-bond donors (Lipinski definition) is 4. The Balaban J connectivity index is 1.64. The summed E-state index contributed by atoms with van der Waals surface area (Å²) >= 11 is 6.76. The Kier molecular flexibility index (Phi) is 6.60. The molecule has 1 atom stereocenters. The summed E-state index contributed by atoms with van der Waals surface area (Å²) in [7, 11) is 3.82. The number of nitrogens with one attached hydrogen (secondary N) is 4. The van der Waals surface area contributed by atoms with Gasteiger partial charge in [0.05, 0.1) is 34.9 Å². The number of nitrogens with zero attached hydrogens (tertiary/aromatic N) is 5. The highest BCUT2D eigenvalue weighted by Crippen LogP contribution is 2.38. The van der Waals surface area contributed by atoms with Gasteiger partial charge in [0.25, 0.3) is 0 Å². The number of hydrazine groups is 2. The first-order valence-electron chi connectivity index (χ1n) is 13.2. The van der Waals surface area contributed by atoms with Gasteiger partial charge in [-0.15, -0.1) is 5.53 Å². The third-order valence-electron chi connectivity index (χ3n) is 6.39. The van der Waals surface area contributed by atoms with Gasteiger partial charge in [-0.1, -0.05) is 38.4 Å². The average Bonchev–Trinajstić information content (AvgIpc) is 3.62. The predicted molar refractivity (Wildman–Crippen MR) is 154 cm³/mol. The lowest BCUT2D eigenvalue weighted by Crippen LogP contribution is -2.38. The molecule has 2 aromatic heterocycles. The number of benzene rings is 1. The van der Waals surface area contributed by atoms with Crippen LogP contribution in [-0.4, -0.2) is 41.7 Å². The summed E-state index contributed by atoms with van der Waals surface area (Å²) in [4.78, 5) is 10.9. The number of halogens is 1. The Bertz CT molecular complexity index is 1470. The van der Waals surface area contributed by atoms with Crippen molar-refractivity contribution >= 4 is 39.7 Å². The number of nitriles is 1. The molecule has 38 heavy (non-hydrogen) atoms. The fourth-order valence-electron chi connectivity index (χ4n) is 4.34. The topological polar surface area (TPSA) is 104 Å². The van der Waals surface area contributed by atoms with Crippen LogP contribution in [0.25, 0.3) is 10.9 Å². The Morgan fingerprint density at radius 1 is 1.32 bits per heavy atom. The summed E-state index contributed by atoms with van der Waals surface area (Å²) in [6, 6.07) is 8.60. The Morgan fingerprint density at radius 3 is 2.79 bits per heavy atom. The fraction of sp³-hybridized carbons (Fsp3) is 0.393. The average molecular weight is 533 g/mol. The SMILES string of the molecule is [2H][C@](Nc1cc(Cl)c2ncc(C#N)c(NCC(C)(C)C)c2c1)(C1=CN(C2CC2)NN1)c1cccnc1N(C)C. The van der Waals surface area contributed by atoms with Crippen LogP contribution in [0.15, 0.2) is 48.6 Å². The third-order valence-corrected chi connectivity index (χ3v) is 6.68. The highest BCUT2D eigenvalue weighted by molar-refractivity contribution is 6.35. The summed E-state index contributed by atoms with van der Waals surface area (Å²) in [6.07, 6.45) is 7.42. The second kappa shape index (κ2) is 10.2. The number of aromatic nitrogens is 2. The second-order valence-electron chi connectivity index (χ2n) is 11.1. The smallest absolute Gasteiger partial charge is 0.133 e. The number of anilines is 3. The van der Waals surface area contributed by atoms with Gasteiger partial charge < -0.3 is 21.0 Å². The molecule has 5 rings (SSSR count). The molecular formula is C28H34ClN9. The molecule has 1 fully saturated rings. The van der Waals surface area contributed by atoms with Gasteiger partial charge in [0.2, 0.25) is 0 Å². The van der Waals surface area contributed by atoms with Crippen molar-refractivity contribution in [3.05, 3.63) is 64.7 Å². The van der Waals surface area contributed by atoms with Gasteiger partial charge in [0, 0.05) is 61.9 Å². The van der Waals surface area contributed by atoms with E-state index in [1.807, 2.05) is 48.4 Å². The number of fused-ring (bicyclic) bond motifs is 1. The van der Waals surface area contributed by atoms with Crippen LogP contribution in [0.2, 0.25) is 5.02 Å². The quantitative estimate of drug-likeness (QED) is 0.313. The zero-order chi connectivity index (χ0) is 27.9. The Morgan fingerprint density at radius 2 is 2.11 bits per heavy atom. The van der Waals surface area contributed by atoms with Gasteiger partial charge in [0.1, 0.15) is 11.9 Å². The molecule has 9 nitrogen and oxygen atoms in total. The van der Waals surface area contributed by atoms with Crippen LogP contribution in [0.3, 0.4) is 0 Å². The van der Waals surface area contributed by atoms with Crippen molar-refractivity contribution in [1.29, 1.82) is 5.26 Å². The van der Waals surface area contributed by atoms with Gasteiger partial charge in [0.15, 0.2) is 0 Å². The lowest BCUT2D eigenvalue weighted by molar-refractivity contribution is 0.260. The molecule has 1 aliphatic heterocycles. The van der Waals surface area contributed by atoms with E-state index in [-0.39, 0.29) is 5.41 Å². The van der Waals surface area contributed by atoms with Crippen molar-refractivity contribution in [3.8, 4) is 6.07 Å². The molecule has 4 N–H and O–H groups in total. The lowest BCUT2D eigenvalue weighted by Gasteiger charge is -2.26. The molecule has 1 saturated carbocycles. The van der Waals surface area contributed by atoms with Crippen molar-refractivity contribution in [2.45, 2.75) is 45.7 Å². The van der Waals surface area contributed by atoms with E-state index in [2.05, 4.69) is 58.4 Å². The van der Waals surface area contributed by atoms with Crippen molar-refractivity contribution in [2.24, 2.45) is 5.41 Å². The highest BCUT2D eigenvalue weighted by atomic mass is 35.5. The van der Waals surface area contributed by atoms with Crippen molar-refractivity contribution in [1.82, 2.24) is 25.9 Å². The molecule has 1 aromatic carbocycles. The zero-order valence-corrected chi connectivity index (χ0v) is 23.1. The van der Waals surface area contributed by atoms with Gasteiger partial charge in [-0.2, -0.15) is 5.26 Å². The van der Waals surface area contributed by atoms with Crippen molar-refractivity contribution in [2.75, 3.05) is 36.2 Å². The summed E-state index contributed by atoms with van der Waals surface area (Å²) in [5, 5.41) is 19.9. The summed E-state index contributed by atoms with van der Waals surface area (Å²) in [5.41, 5.74) is 9.98. The first-order chi connectivity index (χ1) is 18.5. The number of hydrogen-bond acceptors (Lipinski definition) is 9. The Labute approximate surface area is 230 Å². The minimum Gasteiger partial charge on any atom is -0.383 e. The normalized spacial score (nSPS) is 17.2. The molecule has 0 amide bonds. The lowest BCUT2D eigenvalue weighted by atomic mass is 9.96. The molecule has 10 heteroatoms. The van der Waals surface area contributed by atoms with Gasteiger partial charge in [-0.25, -0.2) is 4.98 Å². The first kappa shape index (κ1) is 24.6. The van der Waals surface area contributed by atoms with Crippen LogP contribution < -0.4 is 26.5 Å². The highest BCUT2D eigenvalue weighted by Gasteiger charge is 2.33. The molecule has 198 valence electrons. The molecular weight excluding hydrogens is 498 g/mol. The monoisotopic (exact) mass is 532 g/mol. The number of rotatable bonds is 8. The summed E-state index contributed by atoms with van der Waals surface area (Å²) in [5.74, 6) is 0.667. The standard InChI is InChI=1S/C28H34ClN9/c1-28(2,3)16-33-24-17(13-30)14-32-25-21(24)11-18(12-22(25)29)34-26(20-7-6-10-31-27(20)37(4)5)23-15-38(36-35-23)19-8-9-19/h6-7,10-12,14-15,19,26,34-36H,8-9,16H2,1-5H3,(H,32,33)/t26-/m1/s1/i26D. The maximum absolute atomic E-state index is 9.85. The minimum atomic E-state index is -1.46. The maximum Gasteiger partial charge on any atom is 0.133 e. The van der Waals surface area contributed by atoms with Crippen molar-refractivity contribution < 1.29 is 1.37 Å². The predicted octanol–water partition coefficient (Wildman–Crippen LogP) is 5.16. The molecule has 3 heterocycles. The molecule has 0 spiro atoms. The van der Waals surface area contributed by atoms with Crippen LogP contribution in [0.4, 0.5) is 17.2 Å². The van der Waals surface area contributed by atoms with Crippen LogP contribution in [0, 0.1) is 16.7 Å². The van der Waals surface area contributed by atoms with E-state index in [0.29, 0.717) is 62.5 Å². The second-order valence-corrected chi connectivity index (χ2v) is 11.5. The summed E-state index contributed by atoms with van der Waals surface area (Å²) in [6.45, 7) is 7.03. The van der Waals surface area contributed by atoms with E-state index in [0.717, 1.165) is 12.8 Å². The minimum absolute atomic E-state index is 0.0117. The first-order valence-corrected chi connectivity index (χ1v) is 13.1. The summed E-state index contributed by atoms with van der Waals surface area (Å²) < 4.78 is 9.85. The molecule has 3 aromatic rings.